The molecule has 0 aliphatic carbocycles. The smallest absolute Gasteiger partial charge is 0.274 e. The van der Waals surface area contributed by atoms with Crippen molar-refractivity contribution in [1.29, 1.82) is 0 Å². The molecule has 0 saturated carbocycles. The van der Waals surface area contributed by atoms with Crippen molar-refractivity contribution in [2.75, 3.05) is 31.5 Å². The number of hydrogen-bond acceptors (Lipinski definition) is 4. The third-order valence-electron chi connectivity index (χ3n) is 5.38. The summed E-state index contributed by atoms with van der Waals surface area (Å²) in [6.45, 7) is 7.37. The van der Waals surface area contributed by atoms with Crippen LogP contribution in [0.1, 0.15) is 28.5 Å². The standard InChI is InChI=1S/C24H27N5O2/c1-18-7-6-8-20(15-18)17-27-11-13-28(14-12-27)24(31)22-16-23(25-19(2)30)29(26-22)21-9-4-3-5-10-21/h3-10,15-16H,11-14,17H2,1-2H3,(H,25,30). The molecule has 3 aromatic rings. The van der Waals surface area contributed by atoms with Crippen molar-refractivity contribution >= 4 is 17.6 Å². The van der Waals surface area contributed by atoms with E-state index in [1.165, 1.54) is 18.1 Å². The van der Waals surface area contributed by atoms with Crippen molar-refractivity contribution in [1.82, 2.24) is 19.6 Å². The average molecular weight is 418 g/mol. The van der Waals surface area contributed by atoms with E-state index in [1.54, 1.807) is 10.7 Å². The highest BCUT2D eigenvalue weighted by Gasteiger charge is 2.25. The van der Waals surface area contributed by atoms with Crippen LogP contribution < -0.4 is 5.32 Å². The summed E-state index contributed by atoms with van der Waals surface area (Å²) in [6.07, 6.45) is 0. The number of carbonyl (C=O) groups excluding carboxylic acids is 2. The third kappa shape index (κ3) is 5.00. The maximum absolute atomic E-state index is 13.1. The molecule has 2 heterocycles. The van der Waals surface area contributed by atoms with E-state index in [0.717, 1.165) is 25.3 Å². The summed E-state index contributed by atoms with van der Waals surface area (Å²) in [5.74, 6) is 0.164. The lowest BCUT2D eigenvalue weighted by Crippen LogP contribution is -2.48. The van der Waals surface area contributed by atoms with Gasteiger partial charge in [-0.1, -0.05) is 48.0 Å². The van der Waals surface area contributed by atoms with E-state index in [0.29, 0.717) is 24.6 Å². The Morgan fingerprint density at radius 2 is 1.71 bits per heavy atom. The number of para-hydroxylation sites is 1. The van der Waals surface area contributed by atoms with E-state index in [2.05, 4.69) is 46.5 Å². The number of piperazine rings is 1. The number of amides is 2. The first-order chi connectivity index (χ1) is 15.0. The molecule has 4 rings (SSSR count). The second kappa shape index (κ2) is 9.14. The molecule has 0 atom stereocenters. The zero-order valence-electron chi connectivity index (χ0n) is 17.9. The molecule has 7 heteroatoms. The van der Waals surface area contributed by atoms with E-state index in [-0.39, 0.29) is 11.8 Å². The fourth-order valence-electron chi connectivity index (χ4n) is 3.86. The number of aryl methyl sites for hydroxylation is 1. The number of hydrogen-bond donors (Lipinski definition) is 1. The van der Waals surface area contributed by atoms with E-state index in [4.69, 9.17) is 0 Å². The Bertz CT molecular complexity index is 1070. The van der Waals surface area contributed by atoms with Crippen molar-refractivity contribution < 1.29 is 9.59 Å². The normalized spacial score (nSPS) is 14.5. The first-order valence-corrected chi connectivity index (χ1v) is 10.5. The van der Waals surface area contributed by atoms with Gasteiger partial charge in [0.25, 0.3) is 5.91 Å². The van der Waals surface area contributed by atoms with Crippen molar-refractivity contribution in [2.45, 2.75) is 20.4 Å². The first kappa shape index (κ1) is 20.8. The molecule has 1 N–H and O–H groups in total. The van der Waals surface area contributed by atoms with Crippen molar-refractivity contribution in [3.05, 3.63) is 77.5 Å². The second-order valence-electron chi connectivity index (χ2n) is 7.90. The van der Waals surface area contributed by atoms with Gasteiger partial charge < -0.3 is 10.2 Å². The van der Waals surface area contributed by atoms with Gasteiger partial charge in [0.1, 0.15) is 5.82 Å². The monoisotopic (exact) mass is 417 g/mol. The van der Waals surface area contributed by atoms with Crippen molar-refractivity contribution in [2.24, 2.45) is 0 Å². The van der Waals surface area contributed by atoms with Gasteiger partial charge in [0.2, 0.25) is 5.91 Å². The maximum atomic E-state index is 13.1. The lowest BCUT2D eigenvalue weighted by Gasteiger charge is -2.34. The van der Waals surface area contributed by atoms with Gasteiger partial charge in [-0.15, -0.1) is 0 Å². The van der Waals surface area contributed by atoms with Crippen molar-refractivity contribution in [3.8, 4) is 5.69 Å². The summed E-state index contributed by atoms with van der Waals surface area (Å²) in [4.78, 5) is 28.9. The van der Waals surface area contributed by atoms with Gasteiger partial charge in [-0.05, 0) is 24.6 Å². The minimum absolute atomic E-state index is 0.114. The Hall–Kier alpha value is -3.45. The SMILES string of the molecule is CC(=O)Nc1cc(C(=O)N2CCN(Cc3cccc(C)c3)CC2)nn1-c1ccccc1. The van der Waals surface area contributed by atoms with E-state index < -0.39 is 0 Å². The Morgan fingerprint density at radius 3 is 2.39 bits per heavy atom. The molecule has 0 bridgehead atoms. The van der Waals surface area contributed by atoms with Gasteiger partial charge in [-0.2, -0.15) is 5.10 Å². The fourth-order valence-corrected chi connectivity index (χ4v) is 3.86. The van der Waals surface area contributed by atoms with Crippen LogP contribution in [0.2, 0.25) is 0 Å². The molecule has 1 aromatic heterocycles. The van der Waals surface area contributed by atoms with Crippen molar-refractivity contribution in [3.63, 3.8) is 0 Å². The summed E-state index contributed by atoms with van der Waals surface area (Å²) >= 11 is 0. The maximum Gasteiger partial charge on any atom is 0.274 e. The first-order valence-electron chi connectivity index (χ1n) is 10.5. The predicted octanol–water partition coefficient (Wildman–Crippen LogP) is 3.10. The van der Waals surface area contributed by atoms with Gasteiger partial charge >= 0.3 is 0 Å². The van der Waals surface area contributed by atoms with Crippen LogP contribution in [0.3, 0.4) is 0 Å². The van der Waals surface area contributed by atoms with Gasteiger partial charge in [0.05, 0.1) is 5.69 Å². The lowest BCUT2D eigenvalue weighted by molar-refractivity contribution is -0.114. The number of nitrogens with zero attached hydrogens (tertiary/aromatic N) is 4. The fraction of sp³-hybridized carbons (Fsp3) is 0.292. The Balaban J connectivity index is 1.45. The third-order valence-corrected chi connectivity index (χ3v) is 5.38. The van der Waals surface area contributed by atoms with Gasteiger partial charge in [0.15, 0.2) is 5.69 Å². The number of anilines is 1. The molecule has 2 amide bonds. The number of aromatic nitrogens is 2. The quantitative estimate of drug-likeness (QED) is 0.693. The average Bonchev–Trinajstić information content (AvgIpc) is 3.17. The minimum Gasteiger partial charge on any atom is -0.335 e. The largest absolute Gasteiger partial charge is 0.335 e. The van der Waals surface area contributed by atoms with E-state index in [9.17, 15) is 9.59 Å². The highest BCUT2D eigenvalue weighted by atomic mass is 16.2. The molecule has 0 spiro atoms. The zero-order chi connectivity index (χ0) is 21.8. The van der Waals surface area contributed by atoms with E-state index >= 15 is 0 Å². The Morgan fingerprint density at radius 1 is 0.968 bits per heavy atom. The van der Waals surface area contributed by atoms with Crippen LogP contribution in [0, 0.1) is 6.92 Å². The lowest BCUT2D eigenvalue weighted by atomic mass is 10.1. The van der Waals surface area contributed by atoms with Gasteiger partial charge in [-0.3, -0.25) is 14.5 Å². The number of nitrogens with one attached hydrogen (secondary N) is 1. The molecule has 160 valence electrons. The summed E-state index contributed by atoms with van der Waals surface area (Å²) in [5.41, 5.74) is 3.67. The zero-order valence-corrected chi connectivity index (χ0v) is 17.9. The van der Waals surface area contributed by atoms with Gasteiger partial charge in [0, 0.05) is 45.7 Å². The highest BCUT2D eigenvalue weighted by molar-refractivity contribution is 5.95. The number of benzene rings is 2. The molecular formula is C24H27N5O2. The van der Waals surface area contributed by atoms with Gasteiger partial charge in [-0.25, -0.2) is 4.68 Å². The summed E-state index contributed by atoms with van der Waals surface area (Å²) in [5, 5.41) is 7.27. The minimum atomic E-state index is -0.208. The predicted molar refractivity (Wildman–Crippen MR) is 120 cm³/mol. The molecule has 31 heavy (non-hydrogen) atoms. The van der Waals surface area contributed by atoms with Crippen LogP contribution in [0.4, 0.5) is 5.82 Å². The van der Waals surface area contributed by atoms with Crippen LogP contribution in [0.15, 0.2) is 60.7 Å². The molecule has 0 unspecified atom stereocenters. The molecule has 1 saturated heterocycles. The molecule has 1 aliphatic heterocycles. The van der Waals surface area contributed by atoms with Crippen LogP contribution in [0.5, 0.6) is 0 Å². The summed E-state index contributed by atoms with van der Waals surface area (Å²) in [6, 6.07) is 19.6. The number of carbonyl (C=O) groups is 2. The molecule has 0 radical (unpaired) electrons. The molecular weight excluding hydrogens is 390 g/mol. The summed E-state index contributed by atoms with van der Waals surface area (Å²) in [7, 11) is 0. The van der Waals surface area contributed by atoms with Crippen LogP contribution in [0.25, 0.3) is 5.69 Å². The molecule has 1 fully saturated rings. The summed E-state index contributed by atoms with van der Waals surface area (Å²) < 4.78 is 1.60. The second-order valence-corrected chi connectivity index (χ2v) is 7.90. The van der Waals surface area contributed by atoms with E-state index in [1.807, 2.05) is 35.2 Å². The van der Waals surface area contributed by atoms with Crippen LogP contribution in [-0.4, -0.2) is 57.6 Å². The van der Waals surface area contributed by atoms with Crippen LogP contribution in [-0.2, 0) is 11.3 Å². The molecule has 1 aliphatic rings. The molecule has 2 aromatic carbocycles. The highest BCUT2D eigenvalue weighted by Crippen LogP contribution is 2.19. The Labute approximate surface area is 182 Å². The Kier molecular flexibility index (Phi) is 6.13. The molecule has 7 nitrogen and oxygen atoms in total. The topological polar surface area (TPSA) is 70.5 Å². The van der Waals surface area contributed by atoms with Crippen LogP contribution >= 0.6 is 0 Å². The number of rotatable bonds is 5.